The van der Waals surface area contributed by atoms with Gasteiger partial charge in [0.2, 0.25) is 5.91 Å². The number of H-pyrrole nitrogens is 1. The molecule has 0 saturated carbocycles. The Bertz CT molecular complexity index is 607. The highest BCUT2D eigenvalue weighted by Crippen LogP contribution is 2.21. The monoisotopic (exact) mass is 297 g/mol. The van der Waals surface area contributed by atoms with Gasteiger partial charge in [-0.15, -0.1) is 0 Å². The minimum atomic E-state index is -4.50. The van der Waals surface area contributed by atoms with Crippen LogP contribution in [0.4, 0.5) is 13.2 Å². The quantitative estimate of drug-likeness (QED) is 0.943. The minimum Gasteiger partial charge on any atom is -0.341 e. The standard InChI is InChI=1S/C14H14F3N3O/c1-20(13(21)7-14(15,16)17)9-12-18-8-11(19-12)10-5-3-2-4-6-10/h2-6,8H,7,9H2,1H3,(H,18,19). The van der Waals surface area contributed by atoms with E-state index in [1.165, 1.54) is 7.05 Å². The van der Waals surface area contributed by atoms with Gasteiger partial charge in [0.25, 0.3) is 0 Å². The van der Waals surface area contributed by atoms with Gasteiger partial charge in [-0.05, 0) is 5.56 Å². The molecular weight excluding hydrogens is 283 g/mol. The molecule has 0 fully saturated rings. The Kier molecular flexibility index (Phi) is 4.30. The first-order valence-corrected chi connectivity index (χ1v) is 6.25. The van der Waals surface area contributed by atoms with Gasteiger partial charge in [0.15, 0.2) is 0 Å². The van der Waals surface area contributed by atoms with Crippen molar-refractivity contribution in [2.75, 3.05) is 7.05 Å². The molecule has 0 aliphatic rings. The molecule has 0 spiro atoms. The molecule has 1 amide bonds. The molecule has 2 aromatic rings. The highest BCUT2D eigenvalue weighted by atomic mass is 19.4. The summed E-state index contributed by atoms with van der Waals surface area (Å²) in [4.78, 5) is 19.5. The summed E-state index contributed by atoms with van der Waals surface area (Å²) in [6.07, 6.45) is -4.37. The van der Waals surface area contributed by atoms with Crippen molar-refractivity contribution in [2.24, 2.45) is 0 Å². The number of rotatable bonds is 4. The zero-order valence-corrected chi connectivity index (χ0v) is 11.3. The minimum absolute atomic E-state index is 0.00173. The summed E-state index contributed by atoms with van der Waals surface area (Å²) in [5.41, 5.74) is 1.67. The molecule has 0 saturated heterocycles. The van der Waals surface area contributed by atoms with E-state index >= 15 is 0 Å². The molecule has 1 aromatic heterocycles. The molecule has 7 heteroatoms. The Morgan fingerprint density at radius 1 is 1.29 bits per heavy atom. The number of amides is 1. The Labute approximate surface area is 119 Å². The highest BCUT2D eigenvalue weighted by Gasteiger charge is 2.32. The van der Waals surface area contributed by atoms with Crippen LogP contribution < -0.4 is 0 Å². The number of aromatic amines is 1. The van der Waals surface area contributed by atoms with Crippen LogP contribution in [0.5, 0.6) is 0 Å². The third-order valence-corrected chi connectivity index (χ3v) is 2.88. The first-order valence-electron chi connectivity index (χ1n) is 6.25. The average Bonchev–Trinajstić information content (AvgIpc) is 2.86. The molecule has 0 bridgehead atoms. The molecule has 1 aromatic carbocycles. The van der Waals surface area contributed by atoms with Gasteiger partial charge in [-0.1, -0.05) is 30.3 Å². The lowest BCUT2D eigenvalue weighted by Gasteiger charge is -2.16. The van der Waals surface area contributed by atoms with Crippen LogP contribution >= 0.6 is 0 Å². The normalized spacial score (nSPS) is 11.4. The SMILES string of the molecule is CN(Cc1ncc(-c2ccccc2)[nH]1)C(=O)CC(F)(F)F. The van der Waals surface area contributed by atoms with Gasteiger partial charge < -0.3 is 9.88 Å². The van der Waals surface area contributed by atoms with Crippen LogP contribution in [0, 0.1) is 0 Å². The van der Waals surface area contributed by atoms with E-state index in [1.807, 2.05) is 30.3 Å². The summed E-state index contributed by atoms with van der Waals surface area (Å²) < 4.78 is 36.5. The van der Waals surface area contributed by atoms with E-state index in [2.05, 4.69) is 9.97 Å². The van der Waals surface area contributed by atoms with Crippen molar-refractivity contribution in [2.45, 2.75) is 19.1 Å². The van der Waals surface area contributed by atoms with Crippen LogP contribution in [0.25, 0.3) is 11.3 Å². The van der Waals surface area contributed by atoms with Crippen LogP contribution in [-0.2, 0) is 11.3 Å². The van der Waals surface area contributed by atoms with Gasteiger partial charge in [-0.3, -0.25) is 4.79 Å². The molecule has 1 heterocycles. The number of hydrogen-bond donors (Lipinski definition) is 1. The lowest BCUT2D eigenvalue weighted by Crippen LogP contribution is -2.30. The first-order chi connectivity index (χ1) is 9.85. The molecular formula is C14H14F3N3O. The molecule has 1 N–H and O–H groups in total. The van der Waals surface area contributed by atoms with Gasteiger partial charge in [-0.2, -0.15) is 13.2 Å². The zero-order chi connectivity index (χ0) is 15.5. The van der Waals surface area contributed by atoms with E-state index in [1.54, 1.807) is 6.20 Å². The summed E-state index contributed by atoms with van der Waals surface area (Å²) in [6, 6.07) is 9.39. The Balaban J connectivity index is 2.01. The van der Waals surface area contributed by atoms with Crippen molar-refractivity contribution >= 4 is 5.91 Å². The molecule has 0 radical (unpaired) electrons. The number of nitrogens with one attached hydrogen (secondary N) is 1. The Morgan fingerprint density at radius 2 is 1.95 bits per heavy atom. The van der Waals surface area contributed by atoms with E-state index in [-0.39, 0.29) is 6.54 Å². The summed E-state index contributed by atoms with van der Waals surface area (Å²) >= 11 is 0. The summed E-state index contributed by atoms with van der Waals surface area (Å²) in [5.74, 6) is -0.549. The molecule has 4 nitrogen and oxygen atoms in total. The van der Waals surface area contributed by atoms with Gasteiger partial charge in [0.1, 0.15) is 12.2 Å². The summed E-state index contributed by atoms with van der Waals surface area (Å²) in [7, 11) is 1.32. The molecule has 0 aliphatic carbocycles. The first kappa shape index (κ1) is 15.1. The Morgan fingerprint density at radius 3 is 2.57 bits per heavy atom. The fourth-order valence-electron chi connectivity index (χ4n) is 1.83. The number of carbonyl (C=O) groups is 1. The van der Waals surface area contributed by atoms with Gasteiger partial charge in [0.05, 0.1) is 18.4 Å². The average molecular weight is 297 g/mol. The van der Waals surface area contributed by atoms with Crippen LogP contribution in [-0.4, -0.2) is 34.0 Å². The van der Waals surface area contributed by atoms with Crippen LogP contribution in [0.2, 0.25) is 0 Å². The van der Waals surface area contributed by atoms with Crippen molar-refractivity contribution in [3.8, 4) is 11.3 Å². The fraction of sp³-hybridized carbons (Fsp3) is 0.286. The van der Waals surface area contributed by atoms with Gasteiger partial charge in [-0.25, -0.2) is 4.98 Å². The maximum absolute atomic E-state index is 12.2. The van der Waals surface area contributed by atoms with Crippen molar-refractivity contribution < 1.29 is 18.0 Å². The second-order valence-corrected chi connectivity index (χ2v) is 4.65. The second kappa shape index (κ2) is 5.99. The molecule has 2 rings (SSSR count). The van der Waals surface area contributed by atoms with Crippen LogP contribution in [0.3, 0.4) is 0 Å². The zero-order valence-electron chi connectivity index (χ0n) is 11.3. The van der Waals surface area contributed by atoms with E-state index in [9.17, 15) is 18.0 Å². The molecule has 0 aliphatic heterocycles. The molecule has 0 atom stereocenters. The second-order valence-electron chi connectivity index (χ2n) is 4.65. The number of nitrogens with zero attached hydrogens (tertiary/aromatic N) is 2. The number of benzene rings is 1. The number of carbonyl (C=O) groups excluding carboxylic acids is 1. The highest BCUT2D eigenvalue weighted by molar-refractivity contribution is 5.76. The van der Waals surface area contributed by atoms with Gasteiger partial charge >= 0.3 is 6.18 Å². The summed E-state index contributed by atoms with van der Waals surface area (Å²) in [6.45, 7) is 0.00173. The fourth-order valence-corrected chi connectivity index (χ4v) is 1.83. The van der Waals surface area contributed by atoms with Crippen LogP contribution in [0.1, 0.15) is 12.2 Å². The lowest BCUT2D eigenvalue weighted by atomic mass is 10.2. The smallest absolute Gasteiger partial charge is 0.341 e. The van der Waals surface area contributed by atoms with E-state index < -0.39 is 18.5 Å². The van der Waals surface area contributed by atoms with Crippen molar-refractivity contribution in [3.63, 3.8) is 0 Å². The lowest BCUT2D eigenvalue weighted by molar-refractivity contribution is -0.160. The van der Waals surface area contributed by atoms with E-state index in [4.69, 9.17) is 0 Å². The topological polar surface area (TPSA) is 49.0 Å². The number of halogens is 3. The van der Waals surface area contributed by atoms with E-state index in [0.717, 1.165) is 16.2 Å². The van der Waals surface area contributed by atoms with Crippen LogP contribution in [0.15, 0.2) is 36.5 Å². The van der Waals surface area contributed by atoms with E-state index in [0.29, 0.717) is 5.82 Å². The molecule has 112 valence electrons. The predicted octanol–water partition coefficient (Wildman–Crippen LogP) is 2.99. The number of hydrogen-bond acceptors (Lipinski definition) is 2. The Hall–Kier alpha value is -2.31. The maximum atomic E-state index is 12.2. The van der Waals surface area contributed by atoms with Gasteiger partial charge in [0, 0.05) is 7.05 Å². The number of aromatic nitrogens is 2. The molecule has 0 unspecified atom stereocenters. The maximum Gasteiger partial charge on any atom is 0.397 e. The van der Waals surface area contributed by atoms with Crippen molar-refractivity contribution in [1.82, 2.24) is 14.9 Å². The number of alkyl halides is 3. The van der Waals surface area contributed by atoms with Crippen molar-refractivity contribution in [3.05, 3.63) is 42.4 Å². The predicted molar refractivity (Wildman–Crippen MR) is 71.2 cm³/mol. The third-order valence-electron chi connectivity index (χ3n) is 2.88. The molecule has 21 heavy (non-hydrogen) atoms. The third kappa shape index (κ3) is 4.34. The summed E-state index contributed by atoms with van der Waals surface area (Å²) in [5, 5.41) is 0. The number of imidazole rings is 1. The van der Waals surface area contributed by atoms with Crippen molar-refractivity contribution in [1.29, 1.82) is 0 Å². The largest absolute Gasteiger partial charge is 0.397 e.